The maximum atomic E-state index is 13.8. The number of aromatic carboxylic acids is 1. The number of carbonyl (C=O) groups is 1. The number of rotatable bonds is 6. The van der Waals surface area contributed by atoms with E-state index in [-0.39, 0.29) is 17.1 Å². The molecule has 6 nitrogen and oxygen atoms in total. The number of carboxylic acid groups (broad SMARTS) is 1. The van der Waals surface area contributed by atoms with E-state index in [2.05, 4.69) is 0 Å². The summed E-state index contributed by atoms with van der Waals surface area (Å²) in [5, 5.41) is 8.93. The lowest BCUT2D eigenvalue weighted by Crippen LogP contribution is -2.38. The summed E-state index contributed by atoms with van der Waals surface area (Å²) < 4.78 is 44.7. The van der Waals surface area contributed by atoms with Crippen LogP contribution in [0.3, 0.4) is 0 Å². The molecule has 0 aliphatic carbocycles. The third-order valence-electron chi connectivity index (χ3n) is 3.23. The van der Waals surface area contributed by atoms with Crippen LogP contribution in [-0.2, 0) is 14.8 Å². The van der Waals surface area contributed by atoms with Crippen LogP contribution in [0.4, 0.5) is 4.39 Å². The van der Waals surface area contributed by atoms with Gasteiger partial charge in [0.05, 0.1) is 17.1 Å². The summed E-state index contributed by atoms with van der Waals surface area (Å²) in [7, 11) is -1.25. The van der Waals surface area contributed by atoms with Crippen molar-refractivity contribution >= 4 is 16.0 Å². The van der Waals surface area contributed by atoms with Gasteiger partial charge in [0, 0.05) is 25.8 Å². The largest absolute Gasteiger partial charge is 0.478 e. The molecule has 1 aromatic rings. The molecule has 1 unspecified atom stereocenters. The molecule has 0 bridgehead atoms. The third kappa shape index (κ3) is 3.58. The molecule has 0 radical (unpaired) electrons. The van der Waals surface area contributed by atoms with E-state index in [1.165, 1.54) is 21.1 Å². The Morgan fingerprint density at radius 3 is 2.52 bits per heavy atom. The first-order chi connectivity index (χ1) is 9.62. The van der Waals surface area contributed by atoms with Crippen LogP contribution in [0, 0.1) is 12.7 Å². The Morgan fingerprint density at radius 2 is 2.05 bits per heavy atom. The van der Waals surface area contributed by atoms with Gasteiger partial charge in [-0.25, -0.2) is 17.6 Å². The minimum absolute atomic E-state index is 0.114. The van der Waals surface area contributed by atoms with Crippen LogP contribution in [0.5, 0.6) is 0 Å². The van der Waals surface area contributed by atoms with E-state index in [0.717, 1.165) is 16.4 Å². The fraction of sp³-hybridized carbons (Fsp3) is 0.462. The van der Waals surface area contributed by atoms with Gasteiger partial charge in [-0.1, -0.05) is 0 Å². The van der Waals surface area contributed by atoms with E-state index >= 15 is 0 Å². The average Bonchev–Trinajstić information content (AvgIpc) is 2.40. The number of hydrogen-bond acceptors (Lipinski definition) is 4. The summed E-state index contributed by atoms with van der Waals surface area (Å²) in [5.74, 6) is -2.26. The monoisotopic (exact) mass is 319 g/mol. The van der Waals surface area contributed by atoms with Crippen LogP contribution in [-0.4, -0.2) is 50.6 Å². The molecule has 1 atom stereocenters. The Morgan fingerprint density at radius 1 is 1.48 bits per heavy atom. The maximum Gasteiger partial charge on any atom is 0.335 e. The van der Waals surface area contributed by atoms with Crippen molar-refractivity contribution in [1.82, 2.24) is 4.31 Å². The standard InChI is InChI=1S/C13H18FNO5S/c1-8(7-20-4)15(3)21(18,19)12-6-10(13(16)17)5-11(14)9(12)2/h5-6,8H,7H2,1-4H3,(H,16,17). The minimum atomic E-state index is -4.02. The predicted octanol–water partition coefficient (Wildman–Crippen LogP) is 1.49. The number of hydrogen-bond donors (Lipinski definition) is 1. The first-order valence-corrected chi connectivity index (χ1v) is 7.57. The van der Waals surface area contributed by atoms with Gasteiger partial charge in [-0.3, -0.25) is 0 Å². The van der Waals surface area contributed by atoms with Gasteiger partial charge in [-0.2, -0.15) is 4.31 Å². The fourth-order valence-electron chi connectivity index (χ4n) is 1.78. The SMILES string of the molecule is COCC(C)N(C)S(=O)(=O)c1cc(C(=O)O)cc(F)c1C. The van der Waals surface area contributed by atoms with Gasteiger partial charge < -0.3 is 9.84 Å². The van der Waals surface area contributed by atoms with Gasteiger partial charge in [0.1, 0.15) is 5.82 Å². The number of nitrogens with zero attached hydrogens (tertiary/aromatic N) is 1. The molecule has 0 aromatic heterocycles. The second kappa shape index (κ2) is 6.50. The number of halogens is 1. The zero-order valence-corrected chi connectivity index (χ0v) is 13.1. The third-order valence-corrected chi connectivity index (χ3v) is 5.33. The lowest BCUT2D eigenvalue weighted by atomic mass is 10.1. The van der Waals surface area contributed by atoms with Gasteiger partial charge >= 0.3 is 5.97 Å². The zero-order valence-electron chi connectivity index (χ0n) is 12.3. The number of benzene rings is 1. The molecular weight excluding hydrogens is 301 g/mol. The van der Waals surface area contributed by atoms with E-state index in [4.69, 9.17) is 9.84 Å². The van der Waals surface area contributed by atoms with E-state index < -0.39 is 33.4 Å². The number of ether oxygens (including phenoxy) is 1. The lowest BCUT2D eigenvalue weighted by molar-refractivity contribution is 0.0696. The van der Waals surface area contributed by atoms with E-state index in [0.29, 0.717) is 0 Å². The molecule has 1 N–H and O–H groups in total. The quantitative estimate of drug-likeness (QED) is 0.859. The smallest absolute Gasteiger partial charge is 0.335 e. The molecule has 21 heavy (non-hydrogen) atoms. The summed E-state index contributed by atoms with van der Waals surface area (Å²) in [4.78, 5) is 10.6. The van der Waals surface area contributed by atoms with Gasteiger partial charge in [-0.15, -0.1) is 0 Å². The van der Waals surface area contributed by atoms with Crippen LogP contribution >= 0.6 is 0 Å². The summed E-state index contributed by atoms with van der Waals surface area (Å²) in [6.45, 7) is 3.09. The Hall–Kier alpha value is -1.51. The number of carboxylic acids is 1. The van der Waals surface area contributed by atoms with Crippen LogP contribution in [0.15, 0.2) is 17.0 Å². The highest BCUT2D eigenvalue weighted by Gasteiger charge is 2.29. The molecule has 0 heterocycles. The van der Waals surface area contributed by atoms with Crippen LogP contribution in [0.2, 0.25) is 0 Å². The molecule has 0 spiro atoms. The van der Waals surface area contributed by atoms with Crippen LogP contribution in [0.1, 0.15) is 22.8 Å². The molecule has 0 saturated carbocycles. The molecule has 0 fully saturated rings. The number of methoxy groups -OCH3 is 1. The normalized spacial score (nSPS) is 13.4. The molecular formula is C13H18FNO5S. The summed E-state index contributed by atoms with van der Waals surface area (Å²) in [5.41, 5.74) is -0.527. The maximum absolute atomic E-state index is 13.8. The van der Waals surface area contributed by atoms with Gasteiger partial charge in [0.15, 0.2) is 0 Å². The molecule has 0 aliphatic rings. The molecule has 1 aromatic carbocycles. The Bertz CT molecular complexity index is 644. The van der Waals surface area contributed by atoms with Crippen LogP contribution in [0.25, 0.3) is 0 Å². The molecule has 1 rings (SSSR count). The molecule has 0 amide bonds. The van der Waals surface area contributed by atoms with E-state index in [1.54, 1.807) is 6.92 Å². The Balaban J connectivity index is 3.40. The topological polar surface area (TPSA) is 83.9 Å². The second-order valence-electron chi connectivity index (χ2n) is 4.71. The van der Waals surface area contributed by atoms with Crippen molar-refractivity contribution in [2.45, 2.75) is 24.8 Å². The van der Waals surface area contributed by atoms with Crippen molar-refractivity contribution in [2.24, 2.45) is 0 Å². The summed E-state index contributed by atoms with van der Waals surface area (Å²) >= 11 is 0. The predicted molar refractivity (Wildman–Crippen MR) is 74.4 cm³/mol. The Labute approximate surface area is 123 Å². The average molecular weight is 319 g/mol. The van der Waals surface area contributed by atoms with Crippen LogP contribution < -0.4 is 0 Å². The van der Waals surface area contributed by atoms with Gasteiger partial charge in [0.25, 0.3) is 0 Å². The second-order valence-corrected chi connectivity index (χ2v) is 6.68. The van der Waals surface area contributed by atoms with Crippen molar-refractivity contribution < 1.29 is 27.4 Å². The highest BCUT2D eigenvalue weighted by Crippen LogP contribution is 2.24. The first kappa shape index (κ1) is 17.5. The summed E-state index contributed by atoms with van der Waals surface area (Å²) in [6.07, 6.45) is 0. The van der Waals surface area contributed by atoms with Gasteiger partial charge in [-0.05, 0) is 26.0 Å². The van der Waals surface area contributed by atoms with E-state index in [1.807, 2.05) is 0 Å². The first-order valence-electron chi connectivity index (χ1n) is 6.13. The van der Waals surface area contributed by atoms with Crippen molar-refractivity contribution in [3.05, 3.63) is 29.1 Å². The van der Waals surface area contributed by atoms with Gasteiger partial charge in [0.2, 0.25) is 10.0 Å². The minimum Gasteiger partial charge on any atom is -0.478 e. The number of likely N-dealkylation sites (N-methyl/N-ethyl adjacent to an activating group) is 1. The van der Waals surface area contributed by atoms with E-state index in [9.17, 15) is 17.6 Å². The molecule has 118 valence electrons. The molecule has 0 saturated heterocycles. The Kier molecular flexibility index (Phi) is 5.43. The molecule has 0 aliphatic heterocycles. The van der Waals surface area contributed by atoms with Crippen molar-refractivity contribution in [3.63, 3.8) is 0 Å². The summed E-state index contributed by atoms with van der Waals surface area (Å²) in [6, 6.07) is 1.29. The van der Waals surface area contributed by atoms with Crippen molar-refractivity contribution in [3.8, 4) is 0 Å². The number of sulfonamides is 1. The van der Waals surface area contributed by atoms with Crippen molar-refractivity contribution in [1.29, 1.82) is 0 Å². The fourth-order valence-corrected chi connectivity index (χ4v) is 3.39. The zero-order chi connectivity index (χ0) is 16.4. The van der Waals surface area contributed by atoms with Crippen molar-refractivity contribution in [2.75, 3.05) is 20.8 Å². The lowest BCUT2D eigenvalue weighted by Gasteiger charge is -2.24. The highest BCUT2D eigenvalue weighted by molar-refractivity contribution is 7.89. The highest BCUT2D eigenvalue weighted by atomic mass is 32.2. The molecule has 8 heteroatoms.